The van der Waals surface area contributed by atoms with Gasteiger partial charge in [-0.1, -0.05) is 6.07 Å². The summed E-state index contributed by atoms with van der Waals surface area (Å²) in [6.45, 7) is 0.584. The number of benzene rings is 2. The fourth-order valence-electron chi connectivity index (χ4n) is 4.39. The molecule has 2 heterocycles. The summed E-state index contributed by atoms with van der Waals surface area (Å²) in [7, 11) is 0. The smallest absolute Gasteiger partial charge is 0.329 e. The van der Waals surface area contributed by atoms with E-state index in [0.29, 0.717) is 36.4 Å². The van der Waals surface area contributed by atoms with Gasteiger partial charge in [-0.15, -0.1) is 0 Å². The average molecular weight is 391 g/mol. The number of ether oxygens (including phenoxy) is 2. The van der Waals surface area contributed by atoms with E-state index < -0.39 is 0 Å². The molecule has 1 fully saturated rings. The van der Waals surface area contributed by atoms with Crippen LogP contribution in [0.1, 0.15) is 42.9 Å². The lowest BCUT2D eigenvalue weighted by Gasteiger charge is -2.26. The summed E-state index contributed by atoms with van der Waals surface area (Å²) < 4.78 is 14.4. The summed E-state index contributed by atoms with van der Waals surface area (Å²) in [6.07, 6.45) is 2.65. The normalized spacial score (nSPS) is 20.7. The van der Waals surface area contributed by atoms with Crippen LogP contribution in [-0.2, 0) is 6.54 Å². The molecule has 5 rings (SSSR count). The van der Waals surface area contributed by atoms with E-state index in [0.717, 1.165) is 29.4 Å². The van der Waals surface area contributed by atoms with E-state index in [9.17, 15) is 15.2 Å². The van der Waals surface area contributed by atoms with E-state index in [1.807, 2.05) is 28.8 Å². The number of rotatable bonds is 3. The Hall–Kier alpha value is -3.24. The van der Waals surface area contributed by atoms with Gasteiger partial charge in [0.15, 0.2) is 11.5 Å². The minimum absolute atomic E-state index is 0.0549. The van der Waals surface area contributed by atoms with Gasteiger partial charge in [-0.2, -0.15) is 5.26 Å². The van der Waals surface area contributed by atoms with Crippen LogP contribution in [0.5, 0.6) is 11.5 Å². The van der Waals surface area contributed by atoms with Crippen molar-refractivity contribution in [1.82, 2.24) is 9.13 Å². The van der Waals surface area contributed by atoms with Crippen molar-refractivity contribution < 1.29 is 14.6 Å². The van der Waals surface area contributed by atoms with Crippen LogP contribution in [-0.4, -0.2) is 27.1 Å². The monoisotopic (exact) mass is 391 g/mol. The molecular formula is C22H21N3O4. The fourth-order valence-corrected chi connectivity index (χ4v) is 4.39. The zero-order valence-electron chi connectivity index (χ0n) is 15.9. The second-order valence-corrected chi connectivity index (χ2v) is 7.70. The highest BCUT2D eigenvalue weighted by atomic mass is 16.7. The predicted molar refractivity (Wildman–Crippen MR) is 106 cm³/mol. The van der Waals surface area contributed by atoms with Crippen molar-refractivity contribution in [3.8, 4) is 17.6 Å². The molecule has 0 saturated heterocycles. The first-order valence-electron chi connectivity index (χ1n) is 9.85. The predicted octanol–water partition coefficient (Wildman–Crippen LogP) is 2.93. The maximum absolute atomic E-state index is 13.4. The third-order valence-corrected chi connectivity index (χ3v) is 5.90. The molecule has 0 radical (unpaired) electrons. The van der Waals surface area contributed by atoms with Gasteiger partial charge in [0.1, 0.15) is 0 Å². The van der Waals surface area contributed by atoms with E-state index >= 15 is 0 Å². The molecule has 0 unspecified atom stereocenters. The average Bonchev–Trinajstić information content (AvgIpc) is 3.31. The molecule has 3 aromatic rings. The van der Waals surface area contributed by atoms with Crippen molar-refractivity contribution in [3.63, 3.8) is 0 Å². The molecule has 1 aromatic heterocycles. The number of fused-ring (bicyclic) bond motifs is 2. The molecule has 7 nitrogen and oxygen atoms in total. The lowest BCUT2D eigenvalue weighted by molar-refractivity contribution is 0.110. The quantitative estimate of drug-likeness (QED) is 0.741. The van der Waals surface area contributed by atoms with Crippen LogP contribution in [0.3, 0.4) is 0 Å². The molecule has 148 valence electrons. The number of nitriles is 1. The van der Waals surface area contributed by atoms with Gasteiger partial charge in [-0.3, -0.25) is 9.13 Å². The summed E-state index contributed by atoms with van der Waals surface area (Å²) in [4.78, 5) is 13.4. The zero-order chi connectivity index (χ0) is 20.0. The molecule has 1 aliphatic carbocycles. The molecule has 0 amide bonds. The summed E-state index contributed by atoms with van der Waals surface area (Å²) in [5.41, 5.74) is 2.94. The number of imidazole rings is 1. The number of aromatic nitrogens is 2. The van der Waals surface area contributed by atoms with Crippen LogP contribution in [0.15, 0.2) is 41.2 Å². The minimum atomic E-state index is -0.283. The molecule has 0 bridgehead atoms. The molecular weight excluding hydrogens is 370 g/mol. The van der Waals surface area contributed by atoms with Crippen LogP contribution in [0, 0.1) is 11.3 Å². The van der Waals surface area contributed by atoms with E-state index in [-0.39, 0.29) is 24.6 Å². The van der Waals surface area contributed by atoms with Crippen LogP contribution in [0.25, 0.3) is 11.0 Å². The molecule has 29 heavy (non-hydrogen) atoms. The van der Waals surface area contributed by atoms with E-state index in [1.165, 1.54) is 0 Å². The Kier molecular flexibility index (Phi) is 4.29. The Bertz CT molecular complexity index is 1180. The highest BCUT2D eigenvalue weighted by Gasteiger charge is 2.26. The number of nitrogens with zero attached hydrogens (tertiary/aromatic N) is 3. The Morgan fingerprint density at radius 1 is 1.03 bits per heavy atom. The Morgan fingerprint density at radius 3 is 2.62 bits per heavy atom. The maximum atomic E-state index is 13.4. The van der Waals surface area contributed by atoms with Gasteiger partial charge in [0.2, 0.25) is 6.79 Å². The molecule has 1 N–H and O–H groups in total. The van der Waals surface area contributed by atoms with Gasteiger partial charge in [-0.05, 0) is 61.6 Å². The molecule has 0 atom stereocenters. The third-order valence-electron chi connectivity index (χ3n) is 5.90. The summed E-state index contributed by atoms with van der Waals surface area (Å²) in [5, 5.41) is 19.2. The summed E-state index contributed by atoms with van der Waals surface area (Å²) in [5.74, 6) is 1.38. The second kappa shape index (κ2) is 6.98. The van der Waals surface area contributed by atoms with Gasteiger partial charge in [-0.25, -0.2) is 4.79 Å². The Labute approximate surface area is 167 Å². The number of hydrogen-bond donors (Lipinski definition) is 1. The van der Waals surface area contributed by atoms with Gasteiger partial charge in [0.05, 0.1) is 35.3 Å². The lowest BCUT2D eigenvalue weighted by atomic mass is 9.93. The standard InChI is InChI=1S/C22H21N3O4/c23-11-14-1-7-18-19(9-14)24(12-15-2-8-20-21(10-15)29-13-28-20)22(27)25(18)16-3-5-17(26)6-4-16/h1-2,7-10,16-17,26H,3-6,12-13H2/t16-,17-. The van der Waals surface area contributed by atoms with Gasteiger partial charge >= 0.3 is 5.69 Å². The highest BCUT2D eigenvalue weighted by Crippen LogP contribution is 2.34. The molecule has 1 aliphatic heterocycles. The van der Waals surface area contributed by atoms with Gasteiger partial charge < -0.3 is 14.6 Å². The Balaban J connectivity index is 1.61. The summed E-state index contributed by atoms with van der Waals surface area (Å²) >= 11 is 0. The van der Waals surface area contributed by atoms with Crippen molar-refractivity contribution in [3.05, 3.63) is 58.0 Å². The van der Waals surface area contributed by atoms with Gasteiger partial charge in [0, 0.05) is 6.04 Å². The zero-order valence-corrected chi connectivity index (χ0v) is 15.9. The molecule has 0 spiro atoms. The van der Waals surface area contributed by atoms with E-state index in [2.05, 4.69) is 6.07 Å². The number of aliphatic hydroxyl groups is 1. The van der Waals surface area contributed by atoms with Crippen molar-refractivity contribution >= 4 is 11.0 Å². The fraction of sp³-hybridized carbons (Fsp3) is 0.364. The lowest BCUT2D eigenvalue weighted by Crippen LogP contribution is -2.31. The third kappa shape index (κ3) is 3.06. The molecule has 1 saturated carbocycles. The van der Waals surface area contributed by atoms with Crippen molar-refractivity contribution in [1.29, 1.82) is 5.26 Å². The SMILES string of the molecule is N#Cc1ccc2c(c1)n(Cc1ccc3c(c1)OCO3)c(=O)n2[C@H]1CC[C@H](O)CC1. The highest BCUT2D eigenvalue weighted by molar-refractivity contribution is 5.78. The molecule has 2 aromatic carbocycles. The number of hydrogen-bond acceptors (Lipinski definition) is 5. The van der Waals surface area contributed by atoms with Crippen molar-refractivity contribution in [2.45, 2.75) is 44.4 Å². The van der Waals surface area contributed by atoms with Crippen LogP contribution >= 0.6 is 0 Å². The van der Waals surface area contributed by atoms with E-state index in [1.54, 1.807) is 16.7 Å². The molecule has 2 aliphatic rings. The van der Waals surface area contributed by atoms with Crippen molar-refractivity contribution in [2.75, 3.05) is 6.79 Å². The number of aliphatic hydroxyl groups excluding tert-OH is 1. The second-order valence-electron chi connectivity index (χ2n) is 7.70. The largest absolute Gasteiger partial charge is 0.454 e. The topological polar surface area (TPSA) is 89.4 Å². The minimum Gasteiger partial charge on any atom is -0.454 e. The first kappa shape index (κ1) is 17.8. The van der Waals surface area contributed by atoms with Crippen LogP contribution in [0.2, 0.25) is 0 Å². The first-order valence-corrected chi connectivity index (χ1v) is 9.85. The first-order chi connectivity index (χ1) is 14.1. The van der Waals surface area contributed by atoms with Crippen LogP contribution < -0.4 is 15.2 Å². The van der Waals surface area contributed by atoms with E-state index in [4.69, 9.17) is 9.47 Å². The molecule has 7 heteroatoms. The summed E-state index contributed by atoms with van der Waals surface area (Å²) in [6, 6.07) is 13.3. The van der Waals surface area contributed by atoms with Crippen LogP contribution in [0.4, 0.5) is 0 Å². The van der Waals surface area contributed by atoms with Crippen molar-refractivity contribution in [2.24, 2.45) is 0 Å². The van der Waals surface area contributed by atoms with Gasteiger partial charge in [0.25, 0.3) is 0 Å². The Morgan fingerprint density at radius 2 is 1.83 bits per heavy atom. The maximum Gasteiger partial charge on any atom is 0.329 e.